The fraction of sp³-hybridized carbons (Fsp3) is 0.316. The molecule has 25 heavy (non-hydrogen) atoms. The number of hydrogen-bond acceptors (Lipinski definition) is 4. The van der Waals surface area contributed by atoms with Gasteiger partial charge >= 0.3 is 0 Å². The van der Waals surface area contributed by atoms with E-state index in [2.05, 4.69) is 10.3 Å². The van der Waals surface area contributed by atoms with Crippen molar-refractivity contribution < 1.29 is 4.79 Å². The van der Waals surface area contributed by atoms with Crippen LogP contribution in [0.1, 0.15) is 42.5 Å². The zero-order valence-electron chi connectivity index (χ0n) is 14.0. The van der Waals surface area contributed by atoms with Gasteiger partial charge in [-0.05, 0) is 37.1 Å². The second-order valence-electron chi connectivity index (χ2n) is 6.56. The number of nitrogens with two attached hydrogens (primary N) is 1. The molecule has 0 radical (unpaired) electrons. The third-order valence-corrected chi connectivity index (χ3v) is 4.76. The highest BCUT2D eigenvalue weighted by molar-refractivity contribution is 5.94. The lowest BCUT2D eigenvalue weighted by Gasteiger charge is -2.23. The molecule has 0 unspecified atom stereocenters. The van der Waals surface area contributed by atoms with Gasteiger partial charge in [0.1, 0.15) is 5.82 Å². The number of amides is 1. The van der Waals surface area contributed by atoms with E-state index < -0.39 is 5.91 Å². The first-order valence-electron chi connectivity index (χ1n) is 8.72. The van der Waals surface area contributed by atoms with Gasteiger partial charge in [-0.15, -0.1) is 5.10 Å². The molecule has 6 nitrogen and oxygen atoms in total. The molecule has 0 atom stereocenters. The Labute approximate surface area is 146 Å². The smallest absolute Gasteiger partial charge is 0.248 e. The Morgan fingerprint density at radius 2 is 2.00 bits per heavy atom. The monoisotopic (exact) mass is 335 g/mol. The average Bonchev–Trinajstić information content (AvgIpc) is 3.06. The van der Waals surface area contributed by atoms with Gasteiger partial charge in [-0.3, -0.25) is 4.79 Å². The molecular weight excluding hydrogens is 314 g/mol. The van der Waals surface area contributed by atoms with E-state index in [1.807, 2.05) is 28.8 Å². The minimum absolute atomic E-state index is 0.441. The van der Waals surface area contributed by atoms with Gasteiger partial charge < -0.3 is 11.1 Å². The lowest BCUT2D eigenvalue weighted by Crippen LogP contribution is -2.23. The topological polar surface area (TPSA) is 85.3 Å². The van der Waals surface area contributed by atoms with Gasteiger partial charge in [0.15, 0.2) is 5.65 Å². The van der Waals surface area contributed by atoms with Crippen LogP contribution in [0.25, 0.3) is 16.9 Å². The molecule has 1 aromatic carbocycles. The van der Waals surface area contributed by atoms with Crippen molar-refractivity contribution in [3.05, 3.63) is 48.2 Å². The highest BCUT2D eigenvalue weighted by atomic mass is 16.1. The number of aromatic nitrogens is 3. The summed E-state index contributed by atoms with van der Waals surface area (Å²) in [5.74, 6) is 0.410. The van der Waals surface area contributed by atoms with Crippen LogP contribution >= 0.6 is 0 Å². The summed E-state index contributed by atoms with van der Waals surface area (Å²) in [5.41, 5.74) is 8.34. The molecule has 1 aliphatic rings. The average molecular weight is 335 g/mol. The SMILES string of the molecule is NC(=O)c1cccc(-c2cnc3ccc(NC4CCCCC4)nn23)c1. The Morgan fingerprint density at radius 1 is 1.16 bits per heavy atom. The van der Waals surface area contributed by atoms with Crippen molar-refractivity contribution in [2.45, 2.75) is 38.1 Å². The molecule has 128 valence electrons. The number of anilines is 1. The first-order chi connectivity index (χ1) is 12.2. The third-order valence-electron chi connectivity index (χ3n) is 4.76. The van der Waals surface area contributed by atoms with Crippen LogP contribution in [0.4, 0.5) is 5.82 Å². The summed E-state index contributed by atoms with van der Waals surface area (Å²) in [7, 11) is 0. The maximum Gasteiger partial charge on any atom is 0.248 e. The van der Waals surface area contributed by atoms with Crippen LogP contribution in [0.3, 0.4) is 0 Å². The largest absolute Gasteiger partial charge is 0.366 e. The lowest BCUT2D eigenvalue weighted by atomic mass is 9.95. The molecule has 0 aliphatic heterocycles. The Balaban J connectivity index is 1.69. The van der Waals surface area contributed by atoms with Crippen molar-refractivity contribution in [3.63, 3.8) is 0 Å². The molecule has 0 spiro atoms. The van der Waals surface area contributed by atoms with Crippen molar-refractivity contribution in [1.82, 2.24) is 14.6 Å². The van der Waals surface area contributed by atoms with Gasteiger partial charge in [-0.2, -0.15) is 0 Å². The van der Waals surface area contributed by atoms with E-state index >= 15 is 0 Å². The minimum atomic E-state index is -0.441. The number of rotatable bonds is 4. The molecule has 4 rings (SSSR count). The molecule has 0 saturated heterocycles. The summed E-state index contributed by atoms with van der Waals surface area (Å²) in [5, 5.41) is 8.24. The summed E-state index contributed by atoms with van der Waals surface area (Å²) in [6, 6.07) is 11.6. The number of benzene rings is 1. The van der Waals surface area contributed by atoms with Crippen LogP contribution < -0.4 is 11.1 Å². The maximum atomic E-state index is 11.4. The lowest BCUT2D eigenvalue weighted by molar-refractivity contribution is 0.100. The Kier molecular flexibility index (Phi) is 4.09. The number of fused-ring (bicyclic) bond motifs is 1. The van der Waals surface area contributed by atoms with E-state index in [1.165, 1.54) is 32.1 Å². The molecule has 3 N–H and O–H groups in total. The quantitative estimate of drug-likeness (QED) is 0.766. The van der Waals surface area contributed by atoms with Crippen LogP contribution in [0.15, 0.2) is 42.6 Å². The molecule has 1 aliphatic carbocycles. The highest BCUT2D eigenvalue weighted by Gasteiger charge is 2.15. The van der Waals surface area contributed by atoms with E-state index in [9.17, 15) is 4.79 Å². The molecule has 6 heteroatoms. The molecule has 1 amide bonds. The van der Waals surface area contributed by atoms with Crippen LogP contribution in [0.5, 0.6) is 0 Å². The van der Waals surface area contributed by atoms with Crippen LogP contribution in [0, 0.1) is 0 Å². The Bertz CT molecular complexity index is 911. The first kappa shape index (κ1) is 15.6. The predicted molar refractivity (Wildman–Crippen MR) is 97.4 cm³/mol. The summed E-state index contributed by atoms with van der Waals surface area (Å²) in [6.45, 7) is 0. The second-order valence-corrected chi connectivity index (χ2v) is 6.56. The van der Waals surface area contributed by atoms with Gasteiger partial charge in [0, 0.05) is 17.2 Å². The van der Waals surface area contributed by atoms with Gasteiger partial charge in [0.05, 0.1) is 11.9 Å². The Morgan fingerprint density at radius 3 is 2.80 bits per heavy atom. The van der Waals surface area contributed by atoms with Gasteiger partial charge in [-0.1, -0.05) is 31.4 Å². The van der Waals surface area contributed by atoms with E-state index in [-0.39, 0.29) is 0 Å². The van der Waals surface area contributed by atoms with Crippen molar-refractivity contribution >= 4 is 17.4 Å². The van der Waals surface area contributed by atoms with E-state index in [0.717, 1.165) is 22.7 Å². The fourth-order valence-corrected chi connectivity index (χ4v) is 3.43. The van der Waals surface area contributed by atoms with Crippen LogP contribution in [-0.4, -0.2) is 26.5 Å². The summed E-state index contributed by atoms with van der Waals surface area (Å²) in [4.78, 5) is 15.8. The van der Waals surface area contributed by atoms with E-state index in [0.29, 0.717) is 11.6 Å². The van der Waals surface area contributed by atoms with Crippen molar-refractivity contribution in [2.75, 3.05) is 5.32 Å². The normalized spacial score (nSPS) is 15.4. The van der Waals surface area contributed by atoms with E-state index in [4.69, 9.17) is 10.8 Å². The first-order valence-corrected chi connectivity index (χ1v) is 8.72. The number of imidazole rings is 1. The number of nitrogens with zero attached hydrogens (tertiary/aromatic N) is 3. The zero-order chi connectivity index (χ0) is 17.2. The Hall–Kier alpha value is -2.89. The number of primary amides is 1. The molecule has 0 bridgehead atoms. The zero-order valence-corrected chi connectivity index (χ0v) is 14.0. The van der Waals surface area contributed by atoms with Crippen molar-refractivity contribution in [1.29, 1.82) is 0 Å². The molecule has 2 heterocycles. The summed E-state index contributed by atoms with van der Waals surface area (Å²) < 4.78 is 1.81. The number of carbonyl (C=O) groups excluding carboxylic acids is 1. The van der Waals surface area contributed by atoms with E-state index in [1.54, 1.807) is 18.3 Å². The van der Waals surface area contributed by atoms with Gasteiger partial charge in [0.25, 0.3) is 0 Å². The number of carbonyl (C=O) groups is 1. The van der Waals surface area contributed by atoms with Crippen molar-refractivity contribution in [3.8, 4) is 11.3 Å². The minimum Gasteiger partial charge on any atom is -0.366 e. The van der Waals surface area contributed by atoms with Gasteiger partial charge in [0.2, 0.25) is 5.91 Å². The number of hydrogen-bond donors (Lipinski definition) is 2. The third kappa shape index (κ3) is 3.20. The summed E-state index contributed by atoms with van der Waals surface area (Å²) in [6.07, 6.45) is 8.03. The van der Waals surface area contributed by atoms with Crippen molar-refractivity contribution in [2.24, 2.45) is 5.73 Å². The predicted octanol–water partition coefficient (Wildman–Crippen LogP) is 3.24. The molecule has 3 aromatic rings. The molecular formula is C19H21N5O. The van der Waals surface area contributed by atoms with Crippen LogP contribution in [0.2, 0.25) is 0 Å². The highest BCUT2D eigenvalue weighted by Crippen LogP contribution is 2.24. The molecule has 1 fully saturated rings. The maximum absolute atomic E-state index is 11.4. The number of nitrogens with one attached hydrogen (secondary N) is 1. The standard InChI is InChI=1S/C19H21N5O/c20-19(25)14-6-4-5-13(11-14)16-12-21-18-10-9-17(23-24(16)18)22-15-7-2-1-3-8-15/h4-6,9-12,15H,1-3,7-8H2,(H2,20,25)(H,22,23). The second kappa shape index (κ2) is 6.55. The molecule has 2 aromatic heterocycles. The molecule has 1 saturated carbocycles. The summed E-state index contributed by atoms with van der Waals surface area (Å²) >= 11 is 0. The van der Waals surface area contributed by atoms with Gasteiger partial charge in [-0.25, -0.2) is 9.50 Å². The fourth-order valence-electron chi connectivity index (χ4n) is 3.43. The van der Waals surface area contributed by atoms with Crippen LogP contribution in [-0.2, 0) is 0 Å².